The Balaban J connectivity index is 1.79. The number of nitrogens with zero attached hydrogens (tertiary/aromatic N) is 1. The maximum atomic E-state index is 14.7. The number of rotatable bonds is 8. The van der Waals surface area contributed by atoms with Crippen molar-refractivity contribution in [2.24, 2.45) is 0 Å². The van der Waals surface area contributed by atoms with Crippen molar-refractivity contribution in [2.75, 3.05) is 18.1 Å². The monoisotopic (exact) mass is 473 g/mol. The van der Waals surface area contributed by atoms with E-state index in [0.717, 1.165) is 6.07 Å². The van der Waals surface area contributed by atoms with Crippen LogP contribution in [0.15, 0.2) is 42.5 Å². The number of alkyl halides is 2. The first-order chi connectivity index (χ1) is 16.3. The number of anilines is 1. The molecule has 178 valence electrons. The fourth-order valence-corrected chi connectivity index (χ4v) is 4.11. The molecule has 1 heterocycles. The summed E-state index contributed by atoms with van der Waals surface area (Å²) in [5.41, 5.74) is 0.672. The minimum absolute atomic E-state index is 0.0232. The fraction of sp³-hybridized carbons (Fsp3) is 0.280. The Kier molecular flexibility index (Phi) is 6.63. The third-order valence-electron chi connectivity index (χ3n) is 5.48. The zero-order valence-electron chi connectivity index (χ0n) is 18.6. The zero-order chi connectivity index (χ0) is 24.4. The highest BCUT2D eigenvalue weighted by Gasteiger charge is 2.37. The van der Waals surface area contributed by atoms with Gasteiger partial charge in [0.25, 0.3) is 5.91 Å². The highest BCUT2D eigenvalue weighted by Crippen LogP contribution is 2.46. The van der Waals surface area contributed by atoms with Gasteiger partial charge >= 0.3 is 12.6 Å². The molecule has 1 aliphatic heterocycles. The first-order valence-electron chi connectivity index (χ1n) is 10.8. The van der Waals surface area contributed by atoms with Crippen LogP contribution in [0.5, 0.6) is 11.5 Å². The van der Waals surface area contributed by atoms with Gasteiger partial charge in [-0.05, 0) is 31.5 Å². The molecule has 34 heavy (non-hydrogen) atoms. The predicted molar refractivity (Wildman–Crippen MR) is 119 cm³/mol. The topological polar surface area (TPSA) is 65.1 Å². The summed E-state index contributed by atoms with van der Waals surface area (Å²) in [6.07, 6.45) is -0.250. The maximum Gasteiger partial charge on any atom is 0.387 e. The van der Waals surface area contributed by atoms with Crippen molar-refractivity contribution in [1.82, 2.24) is 0 Å². The summed E-state index contributed by atoms with van der Waals surface area (Å²) in [5, 5.41) is 0.848. The first kappa shape index (κ1) is 23.4. The second-order valence-electron chi connectivity index (χ2n) is 7.52. The molecule has 0 saturated carbocycles. The summed E-state index contributed by atoms with van der Waals surface area (Å²) in [7, 11) is 0. The van der Waals surface area contributed by atoms with Crippen molar-refractivity contribution in [3.05, 3.63) is 65.0 Å². The third kappa shape index (κ3) is 4.25. The summed E-state index contributed by atoms with van der Waals surface area (Å²) in [4.78, 5) is 26.4. The Morgan fingerprint density at radius 1 is 1.06 bits per heavy atom. The van der Waals surface area contributed by atoms with E-state index in [2.05, 4.69) is 0 Å². The molecule has 0 N–H and O–H groups in total. The van der Waals surface area contributed by atoms with Gasteiger partial charge in [0.15, 0.2) is 0 Å². The Hall–Kier alpha value is -3.75. The molecule has 6 nitrogen and oxygen atoms in total. The molecule has 0 aromatic heterocycles. The lowest BCUT2D eigenvalue weighted by Crippen LogP contribution is -2.23. The largest absolute Gasteiger partial charge is 0.493 e. The number of ether oxygens (including phenoxy) is 3. The van der Waals surface area contributed by atoms with E-state index in [1.807, 2.05) is 0 Å². The first-order valence-corrected chi connectivity index (χ1v) is 10.8. The minimum atomic E-state index is -3.15. The van der Waals surface area contributed by atoms with Crippen molar-refractivity contribution in [1.29, 1.82) is 0 Å². The standard InChI is InChI=1S/C25H22F3NO5/c1-3-32-20(30)11-14-9-10-15(12-19(14)26)29-13-18-21(24(29)31)23(34-25(27)28)17-8-6-5-7-16(17)22(18)33-4-2/h5-10,12,25H,3-4,11,13H2,1-2H3. The highest BCUT2D eigenvalue weighted by molar-refractivity contribution is 6.16. The zero-order valence-corrected chi connectivity index (χ0v) is 18.6. The molecule has 9 heteroatoms. The summed E-state index contributed by atoms with van der Waals surface area (Å²) in [5.74, 6) is -1.72. The van der Waals surface area contributed by atoms with E-state index >= 15 is 0 Å². The van der Waals surface area contributed by atoms with Crippen LogP contribution in [-0.2, 0) is 22.5 Å². The second-order valence-corrected chi connectivity index (χ2v) is 7.52. The number of carbonyl (C=O) groups is 2. The van der Waals surface area contributed by atoms with Gasteiger partial charge in [-0.2, -0.15) is 8.78 Å². The van der Waals surface area contributed by atoms with Crippen LogP contribution in [0.2, 0.25) is 0 Å². The quantitative estimate of drug-likeness (QED) is 0.419. The average molecular weight is 473 g/mol. The lowest BCUT2D eigenvalue weighted by Gasteiger charge is -2.17. The van der Waals surface area contributed by atoms with E-state index < -0.39 is 24.3 Å². The Morgan fingerprint density at radius 2 is 1.76 bits per heavy atom. The molecule has 0 unspecified atom stereocenters. The van der Waals surface area contributed by atoms with E-state index in [9.17, 15) is 22.8 Å². The molecule has 0 atom stereocenters. The van der Waals surface area contributed by atoms with Crippen LogP contribution < -0.4 is 14.4 Å². The molecule has 0 bridgehead atoms. The molecule has 1 amide bonds. The number of carbonyl (C=O) groups excluding carboxylic acids is 2. The molecular weight excluding hydrogens is 451 g/mol. The van der Waals surface area contributed by atoms with Crippen LogP contribution in [0.25, 0.3) is 10.8 Å². The molecule has 0 fully saturated rings. The van der Waals surface area contributed by atoms with Gasteiger partial charge in [-0.1, -0.05) is 30.3 Å². The van der Waals surface area contributed by atoms with Crippen molar-refractivity contribution in [3.63, 3.8) is 0 Å². The molecule has 1 aliphatic rings. The van der Waals surface area contributed by atoms with Crippen molar-refractivity contribution >= 4 is 28.3 Å². The normalized spacial score (nSPS) is 12.9. The van der Waals surface area contributed by atoms with Crippen LogP contribution in [0.3, 0.4) is 0 Å². The van der Waals surface area contributed by atoms with Crippen molar-refractivity contribution in [3.8, 4) is 11.5 Å². The van der Waals surface area contributed by atoms with Crippen LogP contribution in [0.1, 0.15) is 35.3 Å². The molecule has 3 aromatic carbocycles. The molecular formula is C25H22F3NO5. The SMILES string of the molecule is CCOC(=O)Cc1ccc(N2Cc3c(c(OC(F)F)c4ccccc4c3OCC)C2=O)cc1F. The number of hydrogen-bond acceptors (Lipinski definition) is 5. The van der Waals surface area contributed by atoms with Crippen molar-refractivity contribution in [2.45, 2.75) is 33.4 Å². The van der Waals surface area contributed by atoms with E-state index in [-0.39, 0.29) is 48.7 Å². The fourth-order valence-electron chi connectivity index (χ4n) is 4.11. The van der Waals surface area contributed by atoms with Gasteiger partial charge in [-0.25, -0.2) is 4.39 Å². The van der Waals surface area contributed by atoms with Crippen molar-refractivity contribution < 1.29 is 37.0 Å². The average Bonchev–Trinajstić information content (AvgIpc) is 3.14. The van der Waals surface area contributed by atoms with E-state index in [1.54, 1.807) is 38.1 Å². The van der Waals surface area contributed by atoms with Crippen LogP contribution in [0, 0.1) is 5.82 Å². The number of fused-ring (bicyclic) bond motifs is 2. The van der Waals surface area contributed by atoms with Gasteiger partial charge in [0, 0.05) is 22.0 Å². The molecule has 0 spiro atoms. The minimum Gasteiger partial charge on any atom is -0.493 e. The van der Waals surface area contributed by atoms with Gasteiger partial charge in [0.1, 0.15) is 17.3 Å². The van der Waals surface area contributed by atoms with E-state index in [4.69, 9.17) is 14.2 Å². The summed E-state index contributed by atoms with van der Waals surface area (Å²) in [6.45, 7) is 0.726. The molecule has 0 radical (unpaired) electrons. The van der Waals surface area contributed by atoms with Gasteiger partial charge in [-0.15, -0.1) is 0 Å². The van der Waals surface area contributed by atoms with E-state index in [0.29, 0.717) is 22.1 Å². The van der Waals surface area contributed by atoms with E-state index in [1.165, 1.54) is 17.0 Å². The lowest BCUT2D eigenvalue weighted by atomic mass is 9.99. The number of amides is 1. The van der Waals surface area contributed by atoms with Gasteiger partial charge < -0.3 is 19.1 Å². The lowest BCUT2D eigenvalue weighted by molar-refractivity contribution is -0.142. The number of benzene rings is 3. The molecule has 0 aliphatic carbocycles. The summed E-state index contributed by atoms with van der Waals surface area (Å²) < 4.78 is 56.8. The molecule has 0 saturated heterocycles. The van der Waals surface area contributed by atoms with Gasteiger partial charge in [0.2, 0.25) is 0 Å². The Labute approximate surface area is 193 Å². The summed E-state index contributed by atoms with van der Waals surface area (Å²) >= 11 is 0. The van der Waals surface area contributed by atoms with Gasteiger partial charge in [-0.3, -0.25) is 9.59 Å². The molecule has 4 rings (SSSR count). The Bertz CT molecular complexity index is 1260. The smallest absolute Gasteiger partial charge is 0.387 e. The van der Waals surface area contributed by atoms with Crippen LogP contribution in [-0.4, -0.2) is 31.7 Å². The highest BCUT2D eigenvalue weighted by atomic mass is 19.3. The Morgan fingerprint density at radius 3 is 2.38 bits per heavy atom. The predicted octanol–water partition coefficient (Wildman–Crippen LogP) is 5.25. The second kappa shape index (κ2) is 9.62. The maximum absolute atomic E-state index is 14.7. The number of halogens is 3. The summed E-state index contributed by atoms with van der Waals surface area (Å²) in [6, 6.07) is 10.7. The van der Waals surface area contributed by atoms with Gasteiger partial charge in [0.05, 0.1) is 31.7 Å². The van der Waals surface area contributed by atoms with Crippen LogP contribution >= 0.6 is 0 Å². The number of hydrogen-bond donors (Lipinski definition) is 0. The van der Waals surface area contributed by atoms with Crippen LogP contribution in [0.4, 0.5) is 18.9 Å². The third-order valence-corrected chi connectivity index (χ3v) is 5.48. The number of esters is 1. The molecule has 3 aromatic rings.